The minimum Gasteiger partial charge on any atom is -0.477 e. The maximum Gasteiger partial charge on any atom is 0.364 e. The first-order valence-corrected chi connectivity index (χ1v) is 4.60. The van der Waals surface area contributed by atoms with Crippen LogP contribution in [0.4, 0.5) is 0 Å². The molecule has 0 radical (unpaired) electrons. The van der Waals surface area contributed by atoms with Gasteiger partial charge in [0.05, 0.1) is 12.7 Å². The van der Waals surface area contributed by atoms with E-state index in [2.05, 4.69) is 4.74 Å². The summed E-state index contributed by atoms with van der Waals surface area (Å²) in [4.78, 5) is 10.7. The van der Waals surface area contributed by atoms with Crippen molar-refractivity contribution in [2.24, 2.45) is 0 Å². The number of rotatable bonds is 3. The minimum absolute atomic E-state index is 0. The second kappa shape index (κ2) is 5.69. The van der Waals surface area contributed by atoms with Gasteiger partial charge < -0.3 is 41.5 Å². The molecule has 0 amide bonds. The molecule has 9 heteroatoms. The van der Waals surface area contributed by atoms with E-state index >= 15 is 0 Å². The highest BCUT2D eigenvalue weighted by Gasteiger charge is 2.52. The van der Waals surface area contributed by atoms with Crippen molar-refractivity contribution in [3.63, 3.8) is 0 Å². The zero-order valence-corrected chi connectivity index (χ0v) is 8.93. The molecule has 0 aromatic rings. The lowest BCUT2D eigenvalue weighted by Gasteiger charge is -2.41. The summed E-state index contributed by atoms with van der Waals surface area (Å²) in [6, 6.07) is 0. The fraction of sp³-hybridized carbons (Fsp3) is 0.875. The lowest BCUT2D eigenvalue weighted by atomic mass is 9.93. The van der Waals surface area contributed by atoms with Crippen molar-refractivity contribution in [3.8, 4) is 0 Å². The third kappa shape index (κ3) is 3.10. The highest BCUT2D eigenvalue weighted by atomic mass is 16.7. The number of aliphatic carboxylic acids is 1. The van der Waals surface area contributed by atoms with E-state index in [1.54, 1.807) is 0 Å². The number of carbonyl (C=O) groups is 1. The first-order chi connectivity index (χ1) is 7.31. The smallest absolute Gasteiger partial charge is 0.364 e. The van der Waals surface area contributed by atoms with Gasteiger partial charge in [-0.25, -0.2) is 4.79 Å². The first-order valence-electron chi connectivity index (χ1n) is 4.60. The highest BCUT2D eigenvalue weighted by molar-refractivity contribution is 5.75. The van der Waals surface area contributed by atoms with Crippen molar-refractivity contribution in [1.29, 1.82) is 0 Å². The molecule has 0 aromatic carbocycles. The van der Waals surface area contributed by atoms with Gasteiger partial charge in [-0.2, -0.15) is 0 Å². The number of hydrogen-bond acceptors (Lipinski definition) is 8. The van der Waals surface area contributed by atoms with E-state index in [1.807, 2.05) is 0 Å². The summed E-state index contributed by atoms with van der Waals surface area (Å²) in [5.74, 6) is -4.42. The number of ether oxygens (including phenoxy) is 1. The van der Waals surface area contributed by atoms with Crippen molar-refractivity contribution in [3.05, 3.63) is 0 Å². The molecule has 102 valence electrons. The van der Waals surface area contributed by atoms with Gasteiger partial charge in [-0.05, 0) is 0 Å². The summed E-state index contributed by atoms with van der Waals surface area (Å²) in [6.45, 7) is -0.801. The summed E-state index contributed by atoms with van der Waals surface area (Å²) in [7, 11) is 0. The van der Waals surface area contributed by atoms with Crippen molar-refractivity contribution in [1.82, 2.24) is 6.15 Å². The number of carboxylic acids is 1. The van der Waals surface area contributed by atoms with E-state index in [9.17, 15) is 25.2 Å². The topological polar surface area (TPSA) is 183 Å². The van der Waals surface area contributed by atoms with Crippen molar-refractivity contribution in [2.75, 3.05) is 6.61 Å². The van der Waals surface area contributed by atoms with Crippen LogP contribution in [0.1, 0.15) is 6.42 Å². The zero-order valence-electron chi connectivity index (χ0n) is 8.93. The Hall–Kier alpha value is -0.810. The van der Waals surface area contributed by atoms with Gasteiger partial charge in [-0.1, -0.05) is 0 Å². The van der Waals surface area contributed by atoms with E-state index in [4.69, 9.17) is 10.2 Å². The Bertz CT molecular complexity index is 274. The molecule has 1 rings (SSSR count). The van der Waals surface area contributed by atoms with E-state index in [1.165, 1.54) is 0 Å². The lowest BCUT2D eigenvalue weighted by Crippen LogP contribution is -2.61. The molecule has 1 saturated heterocycles. The normalized spacial score (nSPS) is 39.2. The summed E-state index contributed by atoms with van der Waals surface area (Å²) in [5.41, 5.74) is 0. The van der Waals surface area contributed by atoms with Crippen LogP contribution in [0.5, 0.6) is 0 Å². The van der Waals surface area contributed by atoms with E-state index in [0.717, 1.165) is 0 Å². The van der Waals surface area contributed by atoms with Gasteiger partial charge in [0, 0.05) is 6.42 Å². The minimum atomic E-state index is -2.68. The summed E-state index contributed by atoms with van der Waals surface area (Å²) in [6.07, 6.45) is -7.05. The van der Waals surface area contributed by atoms with Crippen LogP contribution in [-0.4, -0.2) is 73.4 Å². The first kappa shape index (κ1) is 16.2. The number of carboxylic acid groups (broad SMARTS) is 1. The molecule has 0 aromatic heterocycles. The molecule has 1 aliphatic heterocycles. The van der Waals surface area contributed by atoms with Crippen LogP contribution < -0.4 is 6.15 Å². The zero-order chi connectivity index (χ0) is 12.5. The Morgan fingerprint density at radius 1 is 1.47 bits per heavy atom. The van der Waals surface area contributed by atoms with Crippen LogP contribution in [0.2, 0.25) is 0 Å². The SMILES string of the molecule is N.O=C(O)C1(O)C[C@@H](O)[C@H](O)[C@@H]([C@@H](O)CO)O1. The van der Waals surface area contributed by atoms with Gasteiger partial charge in [-0.15, -0.1) is 0 Å². The summed E-state index contributed by atoms with van der Waals surface area (Å²) < 4.78 is 4.61. The third-order valence-electron chi connectivity index (χ3n) is 2.45. The van der Waals surface area contributed by atoms with Gasteiger partial charge in [-0.3, -0.25) is 0 Å². The Kier molecular flexibility index (Phi) is 5.42. The predicted octanol–water partition coefficient (Wildman–Crippen LogP) is -3.21. The molecule has 0 saturated carbocycles. The van der Waals surface area contributed by atoms with Crippen LogP contribution in [0, 0.1) is 0 Å². The molecule has 0 bridgehead atoms. The van der Waals surface area contributed by atoms with Crippen molar-refractivity contribution >= 4 is 5.97 Å². The van der Waals surface area contributed by atoms with E-state index < -0.39 is 49.2 Å². The summed E-state index contributed by atoms with van der Waals surface area (Å²) in [5, 5.41) is 54.7. The Balaban J connectivity index is 0.00000256. The van der Waals surface area contributed by atoms with E-state index in [0.29, 0.717) is 0 Å². The number of hydrogen-bond donors (Lipinski definition) is 7. The molecule has 9 N–H and O–H groups in total. The quantitative estimate of drug-likeness (QED) is 0.272. The molecule has 0 spiro atoms. The average molecular weight is 255 g/mol. The summed E-state index contributed by atoms with van der Waals surface area (Å²) >= 11 is 0. The molecule has 9 nitrogen and oxygen atoms in total. The molecular weight excluding hydrogens is 238 g/mol. The largest absolute Gasteiger partial charge is 0.477 e. The Morgan fingerprint density at radius 3 is 2.41 bits per heavy atom. The Morgan fingerprint density at radius 2 is 2.00 bits per heavy atom. The molecule has 1 aliphatic rings. The number of aliphatic hydroxyl groups is 5. The average Bonchev–Trinajstić information content (AvgIpc) is 2.22. The maximum absolute atomic E-state index is 10.7. The van der Waals surface area contributed by atoms with Crippen LogP contribution in [-0.2, 0) is 9.53 Å². The molecule has 1 heterocycles. The van der Waals surface area contributed by atoms with Gasteiger partial charge in [0.1, 0.15) is 18.3 Å². The van der Waals surface area contributed by atoms with Crippen LogP contribution in [0.25, 0.3) is 0 Å². The number of aliphatic hydroxyl groups excluding tert-OH is 4. The molecule has 1 unspecified atom stereocenters. The highest BCUT2D eigenvalue weighted by Crippen LogP contribution is 2.29. The maximum atomic E-state index is 10.7. The molecular formula is C8H17NO8. The predicted molar refractivity (Wildman–Crippen MR) is 52.2 cm³/mol. The van der Waals surface area contributed by atoms with Gasteiger partial charge in [0.2, 0.25) is 0 Å². The fourth-order valence-corrected chi connectivity index (χ4v) is 1.51. The van der Waals surface area contributed by atoms with Crippen LogP contribution in [0.15, 0.2) is 0 Å². The van der Waals surface area contributed by atoms with Crippen LogP contribution >= 0.6 is 0 Å². The lowest BCUT2D eigenvalue weighted by molar-refractivity contribution is -0.308. The molecule has 17 heavy (non-hydrogen) atoms. The molecule has 0 aliphatic carbocycles. The standard InChI is InChI=1S/C8H14O8.H3N/c9-2-4(11)6-5(12)3(10)1-8(15,16-6)7(13)14;/h3-6,9-12,15H,1-2H2,(H,13,14);1H3/t3-,4+,5+,6-,8?;/m1./s1. The van der Waals surface area contributed by atoms with Crippen molar-refractivity contribution < 1.29 is 40.2 Å². The van der Waals surface area contributed by atoms with Gasteiger partial charge in [0.15, 0.2) is 0 Å². The second-order valence-electron chi connectivity index (χ2n) is 3.68. The third-order valence-corrected chi connectivity index (χ3v) is 2.45. The van der Waals surface area contributed by atoms with Gasteiger partial charge in [0.25, 0.3) is 5.79 Å². The van der Waals surface area contributed by atoms with Crippen LogP contribution in [0.3, 0.4) is 0 Å². The fourth-order valence-electron chi connectivity index (χ4n) is 1.51. The second-order valence-corrected chi connectivity index (χ2v) is 3.68. The molecule has 1 fully saturated rings. The van der Waals surface area contributed by atoms with E-state index in [-0.39, 0.29) is 6.15 Å². The monoisotopic (exact) mass is 255 g/mol. The molecule has 5 atom stereocenters. The Labute approximate surface area is 96.5 Å². The van der Waals surface area contributed by atoms with Crippen molar-refractivity contribution in [2.45, 2.75) is 36.6 Å². The van der Waals surface area contributed by atoms with Gasteiger partial charge >= 0.3 is 5.97 Å².